The van der Waals surface area contributed by atoms with Crippen LogP contribution in [0.4, 0.5) is 0 Å². The summed E-state index contributed by atoms with van der Waals surface area (Å²) >= 11 is 17.7. The van der Waals surface area contributed by atoms with E-state index in [9.17, 15) is 0 Å². The van der Waals surface area contributed by atoms with Crippen LogP contribution in [0.25, 0.3) is 0 Å². The Morgan fingerprint density at radius 3 is 2.23 bits per heavy atom. The van der Waals surface area contributed by atoms with Crippen LogP contribution in [0.3, 0.4) is 0 Å². The van der Waals surface area contributed by atoms with Crippen LogP contribution < -0.4 is 4.57 Å². The molecule has 0 aliphatic heterocycles. The van der Waals surface area contributed by atoms with E-state index in [-0.39, 0.29) is 5.92 Å². The SMILES string of the molecule is CC(C)c1c(Cl)nc(Cl)[n+](C)c1Cl. The van der Waals surface area contributed by atoms with Crippen molar-refractivity contribution in [3.63, 3.8) is 0 Å². The molecule has 0 spiro atoms. The number of nitrogens with zero attached hydrogens (tertiary/aromatic N) is 2. The van der Waals surface area contributed by atoms with E-state index in [4.69, 9.17) is 34.8 Å². The molecule has 0 aromatic carbocycles. The molecule has 1 heterocycles. The van der Waals surface area contributed by atoms with Crippen molar-refractivity contribution in [3.05, 3.63) is 21.2 Å². The van der Waals surface area contributed by atoms with Gasteiger partial charge >= 0.3 is 5.28 Å². The van der Waals surface area contributed by atoms with Gasteiger partial charge in [0.1, 0.15) is 0 Å². The number of aromatic nitrogens is 2. The topological polar surface area (TPSA) is 16.8 Å². The van der Waals surface area contributed by atoms with Gasteiger partial charge in [-0.15, -0.1) is 0 Å². The second-order valence-electron chi connectivity index (χ2n) is 3.09. The summed E-state index contributed by atoms with van der Waals surface area (Å²) in [4.78, 5) is 3.96. The van der Waals surface area contributed by atoms with Gasteiger partial charge in [-0.05, 0) is 34.1 Å². The molecule has 72 valence electrons. The fourth-order valence-electron chi connectivity index (χ4n) is 1.04. The molecule has 0 N–H and O–H groups in total. The van der Waals surface area contributed by atoms with Crippen molar-refractivity contribution in [3.8, 4) is 0 Å². The molecule has 13 heavy (non-hydrogen) atoms. The van der Waals surface area contributed by atoms with Gasteiger partial charge in [-0.2, -0.15) is 0 Å². The molecule has 0 aliphatic rings. The van der Waals surface area contributed by atoms with Gasteiger partial charge in [0.15, 0.2) is 0 Å². The van der Waals surface area contributed by atoms with E-state index < -0.39 is 0 Å². The molecule has 0 atom stereocenters. The summed E-state index contributed by atoms with van der Waals surface area (Å²) in [5.74, 6) is 0.232. The standard InChI is InChI=1S/C8H10Cl3N2/c1-4(2)5-6(9)12-8(11)13(3)7(5)10/h4H,1-3H3/q+1. The molecule has 2 nitrogen and oxygen atoms in total. The van der Waals surface area contributed by atoms with Gasteiger partial charge in [-0.25, -0.2) is 4.57 Å². The van der Waals surface area contributed by atoms with Crippen LogP contribution in [-0.2, 0) is 7.05 Å². The largest absolute Gasteiger partial charge is 0.398 e. The second kappa shape index (κ2) is 3.99. The molecular formula is C8H10Cl3N2+. The van der Waals surface area contributed by atoms with Crippen LogP contribution in [0.1, 0.15) is 25.3 Å². The molecule has 0 unspecified atom stereocenters. The Morgan fingerprint density at radius 1 is 1.23 bits per heavy atom. The van der Waals surface area contributed by atoms with E-state index in [1.807, 2.05) is 13.8 Å². The number of hydrogen-bond acceptors (Lipinski definition) is 1. The highest BCUT2D eigenvalue weighted by Crippen LogP contribution is 2.28. The minimum Gasteiger partial charge on any atom is -0.205 e. The maximum atomic E-state index is 6.05. The molecule has 0 fully saturated rings. The number of hydrogen-bond donors (Lipinski definition) is 0. The van der Waals surface area contributed by atoms with Gasteiger partial charge in [0.25, 0.3) is 5.15 Å². The Hall–Kier alpha value is -0.0500. The highest BCUT2D eigenvalue weighted by atomic mass is 35.5. The molecule has 0 saturated heterocycles. The average Bonchev–Trinajstić information content (AvgIpc) is 1.99. The third-order valence-corrected chi connectivity index (χ3v) is 2.87. The molecule has 1 aromatic heterocycles. The third-order valence-electron chi connectivity index (χ3n) is 1.78. The lowest BCUT2D eigenvalue weighted by molar-refractivity contribution is -0.670. The normalized spacial score (nSPS) is 11.0. The average molecular weight is 241 g/mol. The van der Waals surface area contributed by atoms with Gasteiger partial charge in [0.05, 0.1) is 12.6 Å². The molecule has 0 bridgehead atoms. The zero-order chi connectivity index (χ0) is 10.2. The zero-order valence-electron chi connectivity index (χ0n) is 7.61. The summed E-state index contributed by atoms with van der Waals surface area (Å²) in [6.45, 7) is 4.01. The fourth-order valence-corrected chi connectivity index (χ4v) is 2.12. The Labute approximate surface area is 92.5 Å². The second-order valence-corrected chi connectivity index (χ2v) is 4.14. The van der Waals surface area contributed by atoms with E-state index in [2.05, 4.69) is 4.98 Å². The Bertz CT molecular complexity index is 337. The predicted molar refractivity (Wildman–Crippen MR) is 54.5 cm³/mol. The molecule has 0 radical (unpaired) electrons. The minimum absolute atomic E-state index is 0.232. The molecule has 0 aliphatic carbocycles. The lowest BCUT2D eigenvalue weighted by Gasteiger charge is -2.07. The summed E-state index contributed by atoms with van der Waals surface area (Å²) in [6, 6.07) is 0. The first-order valence-corrected chi connectivity index (χ1v) is 4.99. The maximum Gasteiger partial charge on any atom is 0.398 e. The maximum absolute atomic E-state index is 6.05. The first kappa shape index (κ1) is 11.0. The summed E-state index contributed by atoms with van der Waals surface area (Å²) in [6.07, 6.45) is 0. The lowest BCUT2D eigenvalue weighted by atomic mass is 10.1. The van der Waals surface area contributed by atoms with Crippen LogP contribution in [0.15, 0.2) is 0 Å². The lowest BCUT2D eigenvalue weighted by Crippen LogP contribution is -2.33. The van der Waals surface area contributed by atoms with E-state index in [0.717, 1.165) is 5.56 Å². The Morgan fingerprint density at radius 2 is 1.77 bits per heavy atom. The van der Waals surface area contributed by atoms with Gasteiger partial charge in [0, 0.05) is 11.6 Å². The van der Waals surface area contributed by atoms with Crippen LogP contribution in [0, 0.1) is 0 Å². The van der Waals surface area contributed by atoms with Crippen molar-refractivity contribution in [2.75, 3.05) is 0 Å². The minimum atomic E-state index is 0.232. The van der Waals surface area contributed by atoms with Gasteiger partial charge in [-0.1, -0.05) is 13.8 Å². The van der Waals surface area contributed by atoms with E-state index in [0.29, 0.717) is 15.6 Å². The third kappa shape index (κ3) is 2.06. The number of rotatable bonds is 1. The van der Waals surface area contributed by atoms with Crippen LogP contribution in [-0.4, -0.2) is 4.98 Å². The smallest absolute Gasteiger partial charge is 0.205 e. The van der Waals surface area contributed by atoms with Crippen molar-refractivity contribution in [1.29, 1.82) is 0 Å². The molecule has 0 saturated carbocycles. The van der Waals surface area contributed by atoms with Crippen molar-refractivity contribution >= 4 is 34.8 Å². The molecule has 5 heteroatoms. The zero-order valence-corrected chi connectivity index (χ0v) is 9.87. The Kier molecular flexibility index (Phi) is 3.38. The van der Waals surface area contributed by atoms with E-state index >= 15 is 0 Å². The van der Waals surface area contributed by atoms with Crippen LogP contribution >= 0.6 is 34.8 Å². The quantitative estimate of drug-likeness (QED) is 0.419. The van der Waals surface area contributed by atoms with Crippen LogP contribution in [0.5, 0.6) is 0 Å². The number of halogens is 3. The summed E-state index contributed by atoms with van der Waals surface area (Å²) in [5.41, 5.74) is 0.829. The monoisotopic (exact) mass is 239 g/mol. The molecule has 1 rings (SSSR count). The fraction of sp³-hybridized carbons (Fsp3) is 0.500. The van der Waals surface area contributed by atoms with Gasteiger partial charge < -0.3 is 0 Å². The van der Waals surface area contributed by atoms with Crippen molar-refractivity contribution in [2.24, 2.45) is 7.05 Å². The first-order chi connectivity index (χ1) is 5.95. The molecule has 0 amide bonds. The first-order valence-electron chi connectivity index (χ1n) is 3.85. The van der Waals surface area contributed by atoms with Crippen molar-refractivity contribution < 1.29 is 4.57 Å². The van der Waals surface area contributed by atoms with Crippen LogP contribution in [0.2, 0.25) is 15.6 Å². The highest BCUT2D eigenvalue weighted by Gasteiger charge is 2.23. The molecular weight excluding hydrogens is 230 g/mol. The van der Waals surface area contributed by atoms with Gasteiger partial charge in [-0.3, -0.25) is 0 Å². The van der Waals surface area contributed by atoms with Gasteiger partial charge in [0.2, 0.25) is 5.15 Å². The van der Waals surface area contributed by atoms with Crippen molar-refractivity contribution in [1.82, 2.24) is 4.98 Å². The molecule has 1 aromatic rings. The van der Waals surface area contributed by atoms with E-state index in [1.54, 1.807) is 11.6 Å². The predicted octanol–water partition coefficient (Wildman–Crippen LogP) is 2.99. The summed E-state index contributed by atoms with van der Waals surface area (Å²) in [5, 5.41) is 1.21. The summed E-state index contributed by atoms with van der Waals surface area (Å²) in [7, 11) is 1.75. The van der Waals surface area contributed by atoms with Crippen molar-refractivity contribution in [2.45, 2.75) is 19.8 Å². The van der Waals surface area contributed by atoms with E-state index in [1.165, 1.54) is 0 Å². The highest BCUT2D eigenvalue weighted by molar-refractivity contribution is 6.35. The Balaban J connectivity index is 3.44. The summed E-state index contributed by atoms with van der Waals surface area (Å²) < 4.78 is 1.60.